The summed E-state index contributed by atoms with van der Waals surface area (Å²) in [5.74, 6) is -2.13. The lowest BCUT2D eigenvalue weighted by atomic mass is 10.3. The Bertz CT molecular complexity index is 747. The van der Waals surface area contributed by atoms with E-state index in [0.717, 1.165) is 0 Å². The predicted molar refractivity (Wildman–Crippen MR) is 78.9 cm³/mol. The Hall–Kier alpha value is -3.17. The van der Waals surface area contributed by atoms with Gasteiger partial charge in [0, 0.05) is 25.7 Å². The van der Waals surface area contributed by atoms with Crippen molar-refractivity contribution in [3.05, 3.63) is 29.8 Å². The number of rotatable bonds is 7. The van der Waals surface area contributed by atoms with Crippen LogP contribution in [-0.2, 0) is 17.9 Å². The summed E-state index contributed by atoms with van der Waals surface area (Å²) in [5.41, 5.74) is 5.71. The van der Waals surface area contributed by atoms with Crippen LogP contribution >= 0.6 is 0 Å². The van der Waals surface area contributed by atoms with Gasteiger partial charge in [-0.2, -0.15) is 10.2 Å². The topological polar surface area (TPSA) is 145 Å². The van der Waals surface area contributed by atoms with Crippen molar-refractivity contribution in [1.29, 1.82) is 0 Å². The van der Waals surface area contributed by atoms with Crippen molar-refractivity contribution in [2.24, 2.45) is 5.73 Å². The summed E-state index contributed by atoms with van der Waals surface area (Å²) in [6.45, 7) is 2.44. The summed E-state index contributed by atoms with van der Waals surface area (Å²) in [6, 6.07) is 0. The molecule has 2 aromatic heterocycles. The lowest BCUT2D eigenvalue weighted by Gasteiger charge is -2.06. The normalized spacial score (nSPS) is 10.5. The molecule has 2 aromatic rings. The quantitative estimate of drug-likeness (QED) is 0.651. The number of carbonyl (C=O) groups excluding carboxylic acids is 2. The second kappa shape index (κ2) is 6.73. The van der Waals surface area contributed by atoms with Crippen LogP contribution < -0.4 is 11.1 Å². The number of carbonyl (C=O) groups is 3. The van der Waals surface area contributed by atoms with Gasteiger partial charge in [0.1, 0.15) is 5.69 Å². The number of carboxylic acids is 1. The van der Waals surface area contributed by atoms with Crippen molar-refractivity contribution in [3.63, 3.8) is 0 Å². The first-order valence-corrected chi connectivity index (χ1v) is 6.83. The van der Waals surface area contributed by atoms with Gasteiger partial charge in [0.2, 0.25) is 5.91 Å². The molecule has 0 aliphatic heterocycles. The fourth-order valence-corrected chi connectivity index (χ4v) is 2.00. The minimum atomic E-state index is -1.08. The molecule has 2 rings (SSSR count). The summed E-state index contributed by atoms with van der Waals surface area (Å²) < 4.78 is 2.75. The van der Waals surface area contributed by atoms with Gasteiger partial charge in [-0.05, 0) is 6.92 Å². The number of aryl methyl sites for hydroxylation is 2. The van der Waals surface area contributed by atoms with E-state index in [-0.39, 0.29) is 35.8 Å². The lowest BCUT2D eigenvalue weighted by Crippen LogP contribution is -2.21. The molecule has 0 aliphatic rings. The van der Waals surface area contributed by atoms with Crippen molar-refractivity contribution in [2.45, 2.75) is 26.4 Å². The highest BCUT2D eigenvalue weighted by atomic mass is 16.4. The van der Waals surface area contributed by atoms with Gasteiger partial charge in [0.15, 0.2) is 0 Å². The van der Waals surface area contributed by atoms with E-state index in [1.165, 1.54) is 28.0 Å². The summed E-state index contributed by atoms with van der Waals surface area (Å²) in [5, 5.41) is 19.2. The van der Waals surface area contributed by atoms with Gasteiger partial charge in [-0.15, -0.1) is 0 Å². The molecule has 0 aliphatic carbocycles. The molecular weight excluding hydrogens is 304 g/mol. The van der Waals surface area contributed by atoms with Crippen LogP contribution in [0.1, 0.15) is 34.2 Å². The first-order chi connectivity index (χ1) is 10.9. The zero-order valence-electron chi connectivity index (χ0n) is 12.4. The van der Waals surface area contributed by atoms with Gasteiger partial charge in [-0.3, -0.25) is 19.0 Å². The number of nitrogens with one attached hydrogen (secondary N) is 1. The van der Waals surface area contributed by atoms with Crippen LogP contribution in [0.3, 0.4) is 0 Å². The maximum absolute atomic E-state index is 11.9. The number of nitrogens with zero attached hydrogens (tertiary/aromatic N) is 4. The Morgan fingerprint density at radius 3 is 2.61 bits per heavy atom. The molecule has 0 bridgehead atoms. The second-order valence-corrected chi connectivity index (χ2v) is 4.68. The van der Waals surface area contributed by atoms with Gasteiger partial charge >= 0.3 is 5.97 Å². The molecule has 10 nitrogen and oxygen atoms in total. The van der Waals surface area contributed by atoms with E-state index in [1.54, 1.807) is 6.92 Å². The Morgan fingerprint density at radius 1 is 1.30 bits per heavy atom. The zero-order valence-corrected chi connectivity index (χ0v) is 12.4. The minimum absolute atomic E-state index is 0.0469. The molecule has 122 valence electrons. The van der Waals surface area contributed by atoms with Gasteiger partial charge in [0.25, 0.3) is 5.91 Å². The molecule has 4 N–H and O–H groups in total. The number of aromatic carboxylic acids is 1. The molecule has 2 heterocycles. The first kappa shape index (κ1) is 16.2. The molecule has 0 unspecified atom stereocenters. The zero-order chi connectivity index (χ0) is 17.0. The van der Waals surface area contributed by atoms with Crippen molar-refractivity contribution < 1.29 is 19.5 Å². The SMILES string of the molecule is CCn1ncc(NC(=O)CCn2cc(C(=O)O)cn2)c1C(N)=O. The summed E-state index contributed by atoms with van der Waals surface area (Å²) >= 11 is 0. The van der Waals surface area contributed by atoms with E-state index in [9.17, 15) is 14.4 Å². The van der Waals surface area contributed by atoms with E-state index >= 15 is 0 Å². The van der Waals surface area contributed by atoms with Crippen LogP contribution in [0.2, 0.25) is 0 Å². The summed E-state index contributed by atoms with van der Waals surface area (Å²) in [4.78, 5) is 34.1. The Labute approximate surface area is 130 Å². The number of primary amides is 1. The van der Waals surface area contributed by atoms with Gasteiger partial charge < -0.3 is 16.2 Å². The molecule has 10 heteroatoms. The third kappa shape index (κ3) is 3.73. The third-order valence-corrected chi connectivity index (χ3v) is 3.09. The minimum Gasteiger partial charge on any atom is -0.478 e. The monoisotopic (exact) mass is 320 g/mol. The number of aromatic nitrogens is 4. The Morgan fingerprint density at radius 2 is 2.04 bits per heavy atom. The molecule has 0 aromatic carbocycles. The maximum Gasteiger partial charge on any atom is 0.338 e. The largest absolute Gasteiger partial charge is 0.478 e. The number of anilines is 1. The van der Waals surface area contributed by atoms with E-state index < -0.39 is 11.9 Å². The summed E-state index contributed by atoms with van der Waals surface area (Å²) in [7, 11) is 0. The molecule has 0 radical (unpaired) electrons. The van der Waals surface area contributed by atoms with Crippen LogP contribution in [-0.4, -0.2) is 42.5 Å². The summed E-state index contributed by atoms with van der Waals surface area (Å²) in [6.07, 6.45) is 3.95. The van der Waals surface area contributed by atoms with Crippen LogP contribution in [0.5, 0.6) is 0 Å². The number of hydrogen-bond donors (Lipinski definition) is 3. The molecule has 0 saturated heterocycles. The molecule has 0 saturated carbocycles. The van der Waals surface area contributed by atoms with Crippen molar-refractivity contribution in [2.75, 3.05) is 5.32 Å². The number of hydrogen-bond acceptors (Lipinski definition) is 5. The molecule has 23 heavy (non-hydrogen) atoms. The van der Waals surface area contributed by atoms with Crippen LogP contribution in [0, 0.1) is 0 Å². The van der Waals surface area contributed by atoms with Gasteiger partial charge in [0.05, 0.1) is 23.6 Å². The highest BCUT2D eigenvalue weighted by Crippen LogP contribution is 2.14. The average molecular weight is 320 g/mol. The molecule has 0 atom stereocenters. The van der Waals surface area contributed by atoms with Crippen molar-refractivity contribution in [1.82, 2.24) is 19.6 Å². The highest BCUT2D eigenvalue weighted by molar-refractivity contribution is 6.01. The van der Waals surface area contributed by atoms with E-state index in [1.807, 2.05) is 0 Å². The predicted octanol–water partition coefficient (Wildman–Crippen LogP) is -0.0746. The van der Waals surface area contributed by atoms with Crippen molar-refractivity contribution in [3.8, 4) is 0 Å². The van der Waals surface area contributed by atoms with E-state index in [2.05, 4.69) is 15.5 Å². The Kier molecular flexibility index (Phi) is 4.74. The van der Waals surface area contributed by atoms with E-state index in [0.29, 0.717) is 6.54 Å². The van der Waals surface area contributed by atoms with Crippen LogP contribution in [0.15, 0.2) is 18.6 Å². The second-order valence-electron chi connectivity index (χ2n) is 4.68. The molecule has 2 amide bonds. The fourth-order valence-electron chi connectivity index (χ4n) is 2.00. The maximum atomic E-state index is 11.9. The molecule has 0 fully saturated rings. The van der Waals surface area contributed by atoms with Crippen LogP contribution in [0.25, 0.3) is 0 Å². The standard InChI is InChI=1S/C13H16N6O4/c1-2-19-11(12(14)21)9(6-16-19)17-10(20)3-4-18-7-8(5-15-18)13(22)23/h5-7H,2-4H2,1H3,(H2,14,21)(H,17,20)(H,22,23). The number of carboxylic acid groups (broad SMARTS) is 1. The van der Waals surface area contributed by atoms with Crippen molar-refractivity contribution >= 4 is 23.5 Å². The lowest BCUT2D eigenvalue weighted by molar-refractivity contribution is -0.116. The Balaban J connectivity index is 1.98. The first-order valence-electron chi connectivity index (χ1n) is 6.83. The highest BCUT2D eigenvalue weighted by Gasteiger charge is 2.17. The molecule has 0 spiro atoms. The van der Waals surface area contributed by atoms with Gasteiger partial charge in [-0.1, -0.05) is 0 Å². The van der Waals surface area contributed by atoms with E-state index in [4.69, 9.17) is 10.8 Å². The van der Waals surface area contributed by atoms with Crippen LogP contribution in [0.4, 0.5) is 5.69 Å². The average Bonchev–Trinajstić information content (AvgIpc) is 3.11. The third-order valence-electron chi connectivity index (χ3n) is 3.09. The molecular formula is C13H16N6O4. The number of amides is 2. The van der Waals surface area contributed by atoms with Gasteiger partial charge in [-0.25, -0.2) is 4.79 Å². The smallest absolute Gasteiger partial charge is 0.338 e. The fraction of sp³-hybridized carbons (Fsp3) is 0.308. The number of nitrogens with two attached hydrogens (primary N) is 1.